The molecule has 1 aliphatic rings. The maximum absolute atomic E-state index is 12.5. The molecule has 1 N–H and O–H groups in total. The van der Waals surface area contributed by atoms with Crippen molar-refractivity contribution >= 4 is 33.2 Å². The van der Waals surface area contributed by atoms with Crippen LogP contribution in [0, 0.1) is 6.92 Å². The molecule has 1 aliphatic heterocycles. The molecule has 0 atom stereocenters. The van der Waals surface area contributed by atoms with Crippen LogP contribution in [0.3, 0.4) is 0 Å². The van der Waals surface area contributed by atoms with Gasteiger partial charge >= 0.3 is 0 Å². The minimum absolute atomic E-state index is 0.207. The lowest BCUT2D eigenvalue weighted by Crippen LogP contribution is -2.36. The van der Waals surface area contributed by atoms with Gasteiger partial charge in [-0.1, -0.05) is 22.0 Å². The molecule has 1 amide bonds. The predicted octanol–water partition coefficient (Wildman–Crippen LogP) is 3.24. The van der Waals surface area contributed by atoms with Crippen molar-refractivity contribution in [1.82, 2.24) is 4.98 Å². The van der Waals surface area contributed by atoms with Crippen molar-refractivity contribution < 1.29 is 9.53 Å². The van der Waals surface area contributed by atoms with Gasteiger partial charge in [0.1, 0.15) is 5.69 Å². The van der Waals surface area contributed by atoms with E-state index in [0.717, 1.165) is 34.6 Å². The van der Waals surface area contributed by atoms with Gasteiger partial charge in [-0.25, -0.2) is 4.98 Å². The summed E-state index contributed by atoms with van der Waals surface area (Å²) in [5, 5.41) is 2.98. The van der Waals surface area contributed by atoms with Gasteiger partial charge in [-0.05, 0) is 37.3 Å². The predicted molar refractivity (Wildman–Crippen MR) is 94.1 cm³/mol. The van der Waals surface area contributed by atoms with Crippen LogP contribution in [-0.4, -0.2) is 37.2 Å². The topological polar surface area (TPSA) is 54.5 Å². The lowest BCUT2D eigenvalue weighted by Gasteiger charge is -2.30. The molecule has 0 bridgehead atoms. The summed E-state index contributed by atoms with van der Waals surface area (Å²) in [5.41, 5.74) is 3.00. The van der Waals surface area contributed by atoms with Gasteiger partial charge in [-0.2, -0.15) is 0 Å². The Bertz CT molecular complexity index is 715. The van der Waals surface area contributed by atoms with Crippen LogP contribution in [0.2, 0.25) is 0 Å². The molecular formula is C17H18BrN3O2. The molecule has 120 valence electrons. The molecule has 1 aromatic heterocycles. The van der Waals surface area contributed by atoms with Crippen molar-refractivity contribution in [2.24, 2.45) is 0 Å². The second kappa shape index (κ2) is 7.10. The molecule has 2 aromatic rings. The van der Waals surface area contributed by atoms with Crippen LogP contribution in [0.1, 0.15) is 16.2 Å². The molecule has 23 heavy (non-hydrogen) atoms. The number of nitrogens with one attached hydrogen (secondary N) is 1. The van der Waals surface area contributed by atoms with Gasteiger partial charge < -0.3 is 15.0 Å². The fraction of sp³-hybridized carbons (Fsp3) is 0.294. The summed E-state index contributed by atoms with van der Waals surface area (Å²) in [6.07, 6.45) is 0. The number of aryl methyl sites for hydroxylation is 1. The number of hydrogen-bond donors (Lipinski definition) is 1. The van der Waals surface area contributed by atoms with Gasteiger partial charge in [-0.15, -0.1) is 0 Å². The summed E-state index contributed by atoms with van der Waals surface area (Å²) in [6, 6.07) is 11.3. The van der Waals surface area contributed by atoms with Crippen molar-refractivity contribution in [1.29, 1.82) is 0 Å². The smallest absolute Gasteiger partial charge is 0.274 e. The Morgan fingerprint density at radius 3 is 2.78 bits per heavy atom. The van der Waals surface area contributed by atoms with Crippen LogP contribution < -0.4 is 10.2 Å². The number of ether oxygens (including phenoxy) is 1. The van der Waals surface area contributed by atoms with E-state index in [0.29, 0.717) is 18.9 Å². The summed E-state index contributed by atoms with van der Waals surface area (Å²) in [4.78, 5) is 19.0. The van der Waals surface area contributed by atoms with E-state index < -0.39 is 0 Å². The summed E-state index contributed by atoms with van der Waals surface area (Å²) in [5.74, 6) is -0.207. The molecule has 0 spiro atoms. The van der Waals surface area contributed by atoms with Crippen LogP contribution >= 0.6 is 15.9 Å². The summed E-state index contributed by atoms with van der Waals surface area (Å²) >= 11 is 3.47. The first kappa shape index (κ1) is 16.0. The third kappa shape index (κ3) is 3.89. The number of morpholine rings is 1. The van der Waals surface area contributed by atoms with Crippen LogP contribution in [-0.2, 0) is 4.74 Å². The van der Waals surface area contributed by atoms with Crippen molar-refractivity contribution in [3.05, 3.63) is 52.3 Å². The number of carbonyl (C=O) groups is 1. The molecule has 1 fully saturated rings. The van der Waals surface area contributed by atoms with E-state index in [9.17, 15) is 4.79 Å². The molecule has 1 aromatic carbocycles. The molecular weight excluding hydrogens is 358 g/mol. The lowest BCUT2D eigenvalue weighted by atomic mass is 10.2. The van der Waals surface area contributed by atoms with Crippen molar-refractivity contribution in [3.63, 3.8) is 0 Å². The monoisotopic (exact) mass is 375 g/mol. The highest BCUT2D eigenvalue weighted by molar-refractivity contribution is 9.10. The zero-order chi connectivity index (χ0) is 16.2. The van der Waals surface area contributed by atoms with E-state index >= 15 is 0 Å². The largest absolute Gasteiger partial charge is 0.378 e. The molecule has 2 heterocycles. The fourth-order valence-electron chi connectivity index (χ4n) is 2.54. The van der Waals surface area contributed by atoms with Crippen molar-refractivity contribution in [3.8, 4) is 0 Å². The number of pyridine rings is 1. The second-order valence-electron chi connectivity index (χ2n) is 5.38. The highest BCUT2D eigenvalue weighted by atomic mass is 79.9. The van der Waals surface area contributed by atoms with Crippen LogP contribution in [0.25, 0.3) is 0 Å². The van der Waals surface area contributed by atoms with Crippen LogP contribution in [0.4, 0.5) is 11.4 Å². The number of anilines is 2. The van der Waals surface area contributed by atoms with E-state index in [2.05, 4.69) is 31.1 Å². The Labute approximate surface area is 143 Å². The van der Waals surface area contributed by atoms with Gasteiger partial charge in [0.2, 0.25) is 0 Å². The van der Waals surface area contributed by atoms with E-state index in [4.69, 9.17) is 4.74 Å². The normalized spacial score (nSPS) is 14.6. The molecule has 0 unspecified atom stereocenters. The first-order valence-corrected chi connectivity index (χ1v) is 8.30. The Morgan fingerprint density at radius 1 is 1.26 bits per heavy atom. The summed E-state index contributed by atoms with van der Waals surface area (Å²) in [7, 11) is 0. The van der Waals surface area contributed by atoms with Crippen LogP contribution in [0.5, 0.6) is 0 Å². The zero-order valence-electron chi connectivity index (χ0n) is 12.9. The number of halogens is 1. The molecule has 0 aliphatic carbocycles. The van der Waals surface area contributed by atoms with E-state index in [1.165, 1.54) is 0 Å². The van der Waals surface area contributed by atoms with Gasteiger partial charge in [-0.3, -0.25) is 4.79 Å². The highest BCUT2D eigenvalue weighted by Gasteiger charge is 2.17. The average molecular weight is 376 g/mol. The summed E-state index contributed by atoms with van der Waals surface area (Å²) in [6.45, 7) is 4.89. The Balaban J connectivity index is 1.86. The van der Waals surface area contributed by atoms with Gasteiger partial charge in [0.15, 0.2) is 0 Å². The minimum atomic E-state index is -0.207. The van der Waals surface area contributed by atoms with Crippen LogP contribution in [0.15, 0.2) is 40.9 Å². The third-order valence-electron chi connectivity index (χ3n) is 3.68. The highest BCUT2D eigenvalue weighted by Crippen LogP contribution is 2.30. The number of rotatable bonds is 3. The molecule has 1 saturated heterocycles. The van der Waals surface area contributed by atoms with E-state index in [-0.39, 0.29) is 5.91 Å². The van der Waals surface area contributed by atoms with Crippen molar-refractivity contribution in [2.75, 3.05) is 36.5 Å². The number of hydrogen-bond acceptors (Lipinski definition) is 4. The fourth-order valence-corrected chi connectivity index (χ4v) is 2.91. The average Bonchev–Trinajstić information content (AvgIpc) is 2.56. The number of aromatic nitrogens is 1. The standard InChI is InChI=1S/C17H18BrN3O2/c1-12-3-2-4-14(19-12)17(22)20-15-11-13(18)5-6-16(15)21-7-9-23-10-8-21/h2-6,11H,7-10H2,1H3,(H,20,22). The minimum Gasteiger partial charge on any atom is -0.378 e. The molecule has 3 rings (SSSR count). The van der Waals surface area contributed by atoms with E-state index in [1.54, 1.807) is 6.07 Å². The summed E-state index contributed by atoms with van der Waals surface area (Å²) < 4.78 is 6.32. The maximum atomic E-state index is 12.5. The van der Waals surface area contributed by atoms with Gasteiger partial charge in [0.05, 0.1) is 24.6 Å². The first-order chi connectivity index (χ1) is 11.1. The number of benzene rings is 1. The number of carbonyl (C=O) groups excluding carboxylic acids is 1. The molecule has 5 nitrogen and oxygen atoms in total. The molecule has 0 saturated carbocycles. The first-order valence-electron chi connectivity index (χ1n) is 7.51. The number of amides is 1. The third-order valence-corrected chi connectivity index (χ3v) is 4.17. The van der Waals surface area contributed by atoms with Crippen molar-refractivity contribution in [2.45, 2.75) is 6.92 Å². The van der Waals surface area contributed by atoms with E-state index in [1.807, 2.05) is 37.3 Å². The Hall–Kier alpha value is -1.92. The number of nitrogens with zero attached hydrogens (tertiary/aromatic N) is 2. The SMILES string of the molecule is Cc1cccc(C(=O)Nc2cc(Br)ccc2N2CCOCC2)n1. The molecule has 6 heteroatoms. The quantitative estimate of drug-likeness (QED) is 0.894. The Kier molecular flexibility index (Phi) is 4.93. The van der Waals surface area contributed by atoms with Gasteiger partial charge in [0.25, 0.3) is 5.91 Å². The second-order valence-corrected chi connectivity index (χ2v) is 6.29. The van der Waals surface area contributed by atoms with Gasteiger partial charge in [0, 0.05) is 23.3 Å². The molecule has 0 radical (unpaired) electrons. The zero-order valence-corrected chi connectivity index (χ0v) is 14.5. The maximum Gasteiger partial charge on any atom is 0.274 e. The lowest BCUT2D eigenvalue weighted by molar-refractivity contribution is 0.102. The Morgan fingerprint density at radius 2 is 2.04 bits per heavy atom.